The average molecular weight is 493 g/mol. The highest BCUT2D eigenvalue weighted by Gasteiger charge is 2.23. The molecular weight excluding hydrogens is 460 g/mol. The summed E-state index contributed by atoms with van der Waals surface area (Å²) in [6.45, 7) is 3.84. The minimum absolute atomic E-state index is 0.117. The van der Waals surface area contributed by atoms with Crippen LogP contribution in [0.2, 0.25) is 0 Å². The van der Waals surface area contributed by atoms with Gasteiger partial charge in [0.1, 0.15) is 5.82 Å². The Kier molecular flexibility index (Phi) is 7.25. The van der Waals surface area contributed by atoms with Crippen molar-refractivity contribution in [2.24, 2.45) is 7.05 Å². The van der Waals surface area contributed by atoms with Crippen molar-refractivity contribution in [3.8, 4) is 17.4 Å². The van der Waals surface area contributed by atoms with Crippen LogP contribution in [0.3, 0.4) is 0 Å². The smallest absolute Gasteiger partial charge is 0.306 e. The molecule has 0 amide bonds. The van der Waals surface area contributed by atoms with Gasteiger partial charge in [-0.25, -0.2) is 9.67 Å². The number of hydrogen-bond acceptors (Lipinski definition) is 8. The number of esters is 1. The van der Waals surface area contributed by atoms with Crippen LogP contribution in [0.5, 0.6) is 17.4 Å². The lowest BCUT2D eigenvalue weighted by molar-refractivity contribution is -0.143. The molecular formula is C27H32N4O5. The number of anilines is 1. The summed E-state index contributed by atoms with van der Waals surface area (Å²) in [5.74, 6) is 2.73. The Morgan fingerprint density at radius 3 is 2.94 bits per heavy atom. The van der Waals surface area contributed by atoms with Crippen molar-refractivity contribution in [3.05, 3.63) is 58.9 Å². The first-order chi connectivity index (χ1) is 17.6. The van der Waals surface area contributed by atoms with Gasteiger partial charge in [-0.15, -0.1) is 0 Å². The molecule has 1 aromatic carbocycles. The van der Waals surface area contributed by atoms with Gasteiger partial charge in [-0.3, -0.25) is 4.79 Å². The molecule has 0 radical (unpaired) electrons. The lowest BCUT2D eigenvalue weighted by atomic mass is 9.91. The summed E-state index contributed by atoms with van der Waals surface area (Å²) in [4.78, 5) is 17.1. The van der Waals surface area contributed by atoms with Gasteiger partial charge in [0.05, 0.1) is 25.3 Å². The SMILES string of the molecule is CCOC(=O)C[C@H](Cc1cc(OCCc2ccc3c(n2)NCCC3)n(C)n1)c1ccc2c(c1)OCO2. The molecule has 0 unspecified atom stereocenters. The Morgan fingerprint density at radius 2 is 2.06 bits per heavy atom. The molecule has 9 nitrogen and oxygen atoms in total. The third-order valence-electron chi connectivity index (χ3n) is 6.49. The second-order valence-electron chi connectivity index (χ2n) is 9.06. The van der Waals surface area contributed by atoms with Crippen LogP contribution < -0.4 is 19.5 Å². The van der Waals surface area contributed by atoms with Gasteiger partial charge in [0.15, 0.2) is 11.5 Å². The van der Waals surface area contributed by atoms with Crippen molar-refractivity contribution in [1.29, 1.82) is 0 Å². The van der Waals surface area contributed by atoms with E-state index in [0.29, 0.717) is 43.4 Å². The lowest BCUT2D eigenvalue weighted by Gasteiger charge is -2.17. The van der Waals surface area contributed by atoms with Crippen molar-refractivity contribution < 1.29 is 23.7 Å². The predicted molar refractivity (Wildman–Crippen MR) is 134 cm³/mol. The number of carbonyl (C=O) groups excluding carboxylic acids is 1. The maximum Gasteiger partial charge on any atom is 0.306 e. The maximum atomic E-state index is 12.3. The van der Waals surface area contributed by atoms with E-state index in [0.717, 1.165) is 42.2 Å². The minimum Gasteiger partial charge on any atom is -0.477 e. The molecule has 0 saturated heterocycles. The van der Waals surface area contributed by atoms with Gasteiger partial charge in [0.25, 0.3) is 0 Å². The number of aryl methyl sites for hydroxylation is 2. The quantitative estimate of drug-likeness (QED) is 0.427. The fourth-order valence-electron chi connectivity index (χ4n) is 4.66. The lowest BCUT2D eigenvalue weighted by Crippen LogP contribution is -2.14. The number of nitrogens with one attached hydrogen (secondary N) is 1. The number of nitrogens with zero attached hydrogens (tertiary/aromatic N) is 3. The number of carbonyl (C=O) groups is 1. The Balaban J connectivity index is 1.24. The minimum atomic E-state index is -0.236. The largest absolute Gasteiger partial charge is 0.477 e. The summed E-state index contributed by atoms with van der Waals surface area (Å²) < 4.78 is 24.0. The van der Waals surface area contributed by atoms with Crippen LogP contribution in [-0.2, 0) is 35.8 Å². The van der Waals surface area contributed by atoms with Crippen LogP contribution in [0.1, 0.15) is 48.2 Å². The van der Waals surface area contributed by atoms with Crippen LogP contribution in [0.4, 0.5) is 5.82 Å². The molecule has 36 heavy (non-hydrogen) atoms. The Hall–Kier alpha value is -3.75. The first-order valence-electron chi connectivity index (χ1n) is 12.5. The van der Waals surface area contributed by atoms with Crippen LogP contribution >= 0.6 is 0 Å². The molecule has 5 rings (SSSR count). The normalized spacial score (nSPS) is 14.6. The van der Waals surface area contributed by atoms with Gasteiger partial charge in [-0.2, -0.15) is 5.10 Å². The Labute approximate surface area is 210 Å². The Bertz CT molecular complexity index is 1220. The van der Waals surface area contributed by atoms with Gasteiger partial charge in [0.2, 0.25) is 12.7 Å². The molecule has 0 saturated carbocycles. The highest BCUT2D eigenvalue weighted by atomic mass is 16.7. The van der Waals surface area contributed by atoms with E-state index in [1.54, 1.807) is 4.68 Å². The number of fused-ring (bicyclic) bond motifs is 2. The van der Waals surface area contributed by atoms with Gasteiger partial charge in [-0.05, 0) is 55.5 Å². The molecule has 2 aromatic heterocycles. The summed E-state index contributed by atoms with van der Waals surface area (Å²) in [6, 6.07) is 12.0. The monoisotopic (exact) mass is 492 g/mol. The molecule has 2 aliphatic heterocycles. The topological polar surface area (TPSA) is 96.7 Å². The average Bonchev–Trinajstić information content (AvgIpc) is 3.49. The van der Waals surface area contributed by atoms with Gasteiger partial charge in [0, 0.05) is 37.7 Å². The summed E-state index contributed by atoms with van der Waals surface area (Å²) in [6.07, 6.45) is 3.74. The number of rotatable bonds is 10. The van der Waals surface area contributed by atoms with Gasteiger partial charge < -0.3 is 24.3 Å². The Morgan fingerprint density at radius 1 is 1.17 bits per heavy atom. The van der Waals surface area contributed by atoms with Gasteiger partial charge >= 0.3 is 5.97 Å². The van der Waals surface area contributed by atoms with E-state index in [4.69, 9.17) is 23.9 Å². The van der Waals surface area contributed by atoms with Crippen LogP contribution in [0, 0.1) is 0 Å². The van der Waals surface area contributed by atoms with Gasteiger partial charge in [-0.1, -0.05) is 12.1 Å². The summed E-state index contributed by atoms with van der Waals surface area (Å²) >= 11 is 0. The third kappa shape index (κ3) is 5.56. The highest BCUT2D eigenvalue weighted by Crippen LogP contribution is 2.36. The first-order valence-corrected chi connectivity index (χ1v) is 12.5. The van der Waals surface area contributed by atoms with E-state index in [9.17, 15) is 4.79 Å². The summed E-state index contributed by atoms with van der Waals surface area (Å²) in [7, 11) is 1.86. The molecule has 3 aromatic rings. The van der Waals surface area contributed by atoms with E-state index in [-0.39, 0.29) is 25.1 Å². The molecule has 9 heteroatoms. The number of aromatic nitrogens is 3. The molecule has 0 spiro atoms. The zero-order chi connectivity index (χ0) is 24.9. The van der Waals surface area contributed by atoms with E-state index in [1.165, 1.54) is 5.56 Å². The summed E-state index contributed by atoms with van der Waals surface area (Å²) in [5.41, 5.74) is 4.10. The summed E-state index contributed by atoms with van der Waals surface area (Å²) in [5, 5.41) is 8.02. The number of benzene rings is 1. The zero-order valence-corrected chi connectivity index (χ0v) is 20.8. The van der Waals surface area contributed by atoms with Crippen molar-refractivity contribution in [1.82, 2.24) is 14.8 Å². The van der Waals surface area contributed by atoms with Crippen LogP contribution in [-0.4, -0.2) is 47.3 Å². The number of ether oxygens (including phenoxy) is 4. The second kappa shape index (κ2) is 10.9. The van der Waals surface area contributed by atoms with E-state index in [1.807, 2.05) is 38.2 Å². The molecule has 0 fully saturated rings. The fourth-order valence-corrected chi connectivity index (χ4v) is 4.66. The molecule has 190 valence electrons. The van der Waals surface area contributed by atoms with Crippen LogP contribution in [0.25, 0.3) is 0 Å². The molecule has 1 atom stereocenters. The molecule has 4 heterocycles. The van der Waals surface area contributed by atoms with Crippen LogP contribution in [0.15, 0.2) is 36.4 Å². The van der Waals surface area contributed by atoms with Crippen molar-refractivity contribution >= 4 is 11.8 Å². The highest BCUT2D eigenvalue weighted by molar-refractivity contribution is 5.70. The number of hydrogen-bond donors (Lipinski definition) is 1. The second-order valence-corrected chi connectivity index (χ2v) is 9.06. The number of pyridine rings is 1. The molecule has 1 N–H and O–H groups in total. The fraction of sp³-hybridized carbons (Fsp3) is 0.444. The van der Waals surface area contributed by atoms with E-state index >= 15 is 0 Å². The van der Waals surface area contributed by atoms with E-state index in [2.05, 4.69) is 22.5 Å². The standard InChI is InChI=1S/C27H32N4O5/c1-3-33-26(32)15-20(19-7-9-23-24(14-19)36-17-35-23)13-22-16-25(31(2)30-22)34-12-10-21-8-6-18-5-4-11-28-27(18)29-21/h6-9,14,16,20H,3-5,10-13,15,17H2,1-2H3,(H,28,29)/t20-/m0/s1. The third-order valence-corrected chi connectivity index (χ3v) is 6.49. The van der Waals surface area contributed by atoms with Crippen molar-refractivity contribution in [2.45, 2.75) is 44.9 Å². The van der Waals surface area contributed by atoms with Crippen molar-refractivity contribution in [3.63, 3.8) is 0 Å². The molecule has 0 bridgehead atoms. The molecule has 2 aliphatic rings. The van der Waals surface area contributed by atoms with Crippen molar-refractivity contribution in [2.75, 3.05) is 31.9 Å². The predicted octanol–water partition coefficient (Wildman–Crippen LogP) is 3.80. The first kappa shape index (κ1) is 24.0. The molecule has 0 aliphatic carbocycles. The zero-order valence-electron chi connectivity index (χ0n) is 20.8. The van der Waals surface area contributed by atoms with E-state index < -0.39 is 0 Å². The maximum absolute atomic E-state index is 12.3.